The summed E-state index contributed by atoms with van der Waals surface area (Å²) in [5.41, 5.74) is 0.196. The average molecular weight is 459 g/mol. The van der Waals surface area contributed by atoms with E-state index in [0.717, 1.165) is 17.7 Å². The zero-order chi connectivity index (χ0) is 21.9. The van der Waals surface area contributed by atoms with Gasteiger partial charge in [-0.15, -0.1) is 0 Å². The minimum Gasteiger partial charge on any atom is -0.339 e. The monoisotopic (exact) mass is 458 g/mol. The number of hydrogen-bond acceptors (Lipinski definition) is 2. The molecule has 0 atom stereocenters. The van der Waals surface area contributed by atoms with E-state index in [1.807, 2.05) is 6.07 Å². The van der Waals surface area contributed by atoms with Crippen LogP contribution in [-0.2, 0) is 17.4 Å². The number of piperazine rings is 1. The van der Waals surface area contributed by atoms with E-state index < -0.39 is 11.7 Å². The average Bonchev–Trinajstić information content (AvgIpc) is 2.73. The Balaban J connectivity index is 1.52. The third kappa shape index (κ3) is 5.26. The predicted octanol–water partition coefficient (Wildman–Crippen LogP) is 4.93. The van der Waals surface area contributed by atoms with Crippen LogP contribution < -0.4 is 0 Å². The summed E-state index contributed by atoms with van der Waals surface area (Å²) in [6.45, 7) is 1.38. The van der Waals surface area contributed by atoms with Crippen molar-refractivity contribution >= 4 is 35.0 Å². The van der Waals surface area contributed by atoms with Crippen molar-refractivity contribution < 1.29 is 22.8 Å². The molecule has 0 spiro atoms. The molecule has 0 aliphatic carbocycles. The lowest BCUT2D eigenvalue weighted by molar-refractivity contribution is -0.137. The van der Waals surface area contributed by atoms with Gasteiger partial charge in [0.15, 0.2) is 0 Å². The molecule has 1 aliphatic heterocycles. The summed E-state index contributed by atoms with van der Waals surface area (Å²) < 4.78 is 38.0. The van der Waals surface area contributed by atoms with Crippen LogP contribution in [0.25, 0.3) is 0 Å². The Morgan fingerprint density at radius 3 is 2.10 bits per heavy atom. The van der Waals surface area contributed by atoms with E-state index in [2.05, 4.69) is 0 Å². The van der Waals surface area contributed by atoms with Crippen molar-refractivity contribution in [2.24, 2.45) is 0 Å². The van der Waals surface area contributed by atoms with Gasteiger partial charge in [-0.2, -0.15) is 13.2 Å². The molecule has 160 valence electrons. The van der Waals surface area contributed by atoms with Crippen LogP contribution in [0.5, 0.6) is 0 Å². The summed E-state index contributed by atoms with van der Waals surface area (Å²) in [7, 11) is 0. The van der Waals surface area contributed by atoms with Gasteiger partial charge in [-0.3, -0.25) is 9.59 Å². The van der Waals surface area contributed by atoms with Crippen molar-refractivity contribution in [1.82, 2.24) is 9.80 Å². The van der Waals surface area contributed by atoms with Crippen LogP contribution in [0.3, 0.4) is 0 Å². The topological polar surface area (TPSA) is 40.6 Å². The molecule has 1 fully saturated rings. The van der Waals surface area contributed by atoms with Crippen LogP contribution >= 0.6 is 23.2 Å². The molecule has 2 amide bonds. The Kier molecular flexibility index (Phi) is 6.93. The summed E-state index contributed by atoms with van der Waals surface area (Å²) in [6.07, 6.45) is -3.71. The first-order chi connectivity index (χ1) is 14.2. The second-order valence-corrected chi connectivity index (χ2v) is 7.75. The Morgan fingerprint density at radius 2 is 1.50 bits per heavy atom. The van der Waals surface area contributed by atoms with Gasteiger partial charge in [0, 0.05) is 38.2 Å². The number of alkyl halides is 3. The molecular formula is C21H19Cl2F3N2O2. The molecule has 2 aromatic rings. The zero-order valence-electron chi connectivity index (χ0n) is 15.9. The van der Waals surface area contributed by atoms with Gasteiger partial charge in [-0.25, -0.2) is 0 Å². The normalized spacial score (nSPS) is 14.7. The van der Waals surface area contributed by atoms with Gasteiger partial charge in [0.1, 0.15) is 0 Å². The van der Waals surface area contributed by atoms with Gasteiger partial charge in [-0.05, 0) is 42.3 Å². The molecule has 4 nitrogen and oxygen atoms in total. The molecule has 2 aromatic carbocycles. The maximum atomic E-state index is 12.7. The summed E-state index contributed by atoms with van der Waals surface area (Å²) in [5.74, 6) is -0.394. The van der Waals surface area contributed by atoms with Gasteiger partial charge in [0.2, 0.25) is 5.91 Å². The summed E-state index contributed by atoms with van der Waals surface area (Å²) in [5, 5.41) is 0.885. The number of benzene rings is 2. The van der Waals surface area contributed by atoms with Gasteiger partial charge < -0.3 is 9.80 Å². The fourth-order valence-corrected chi connectivity index (χ4v) is 3.70. The number of carbonyl (C=O) groups excluding carboxylic acids is 2. The van der Waals surface area contributed by atoms with Crippen molar-refractivity contribution in [2.45, 2.75) is 19.0 Å². The molecule has 3 rings (SSSR count). The SMILES string of the molecule is O=C(CCc1cccc(Cl)c1Cl)N1CCN(C(=O)c2ccc(C(F)(F)F)cc2)CC1. The smallest absolute Gasteiger partial charge is 0.339 e. The molecule has 1 heterocycles. The quantitative estimate of drug-likeness (QED) is 0.651. The number of rotatable bonds is 4. The van der Waals surface area contributed by atoms with Gasteiger partial charge in [0.25, 0.3) is 5.91 Å². The second-order valence-electron chi connectivity index (χ2n) is 6.96. The highest BCUT2D eigenvalue weighted by atomic mass is 35.5. The Morgan fingerprint density at radius 1 is 0.900 bits per heavy atom. The Hall–Kier alpha value is -2.25. The molecule has 30 heavy (non-hydrogen) atoms. The van der Waals surface area contributed by atoms with Crippen molar-refractivity contribution in [3.63, 3.8) is 0 Å². The van der Waals surface area contributed by atoms with Crippen LogP contribution in [0.4, 0.5) is 13.2 Å². The van der Waals surface area contributed by atoms with Gasteiger partial charge >= 0.3 is 6.18 Å². The van der Waals surface area contributed by atoms with Crippen LogP contribution in [0, 0.1) is 0 Å². The largest absolute Gasteiger partial charge is 0.416 e. The van der Waals surface area contributed by atoms with Crippen molar-refractivity contribution in [3.05, 3.63) is 69.2 Å². The molecule has 0 radical (unpaired) electrons. The van der Waals surface area contributed by atoms with E-state index in [-0.39, 0.29) is 23.8 Å². The highest BCUT2D eigenvalue weighted by Crippen LogP contribution is 2.29. The van der Waals surface area contributed by atoms with Crippen LogP contribution in [-0.4, -0.2) is 47.8 Å². The molecule has 0 N–H and O–H groups in total. The minimum atomic E-state index is -4.44. The van der Waals surface area contributed by atoms with Gasteiger partial charge in [-0.1, -0.05) is 35.3 Å². The lowest BCUT2D eigenvalue weighted by Gasteiger charge is -2.35. The maximum absolute atomic E-state index is 12.7. The molecule has 1 saturated heterocycles. The van der Waals surface area contributed by atoms with E-state index in [1.165, 1.54) is 12.1 Å². The highest BCUT2D eigenvalue weighted by molar-refractivity contribution is 6.42. The number of hydrogen-bond donors (Lipinski definition) is 0. The molecule has 1 aliphatic rings. The second kappa shape index (κ2) is 9.27. The fraction of sp³-hybridized carbons (Fsp3) is 0.333. The summed E-state index contributed by atoms with van der Waals surface area (Å²) in [6, 6.07) is 9.43. The maximum Gasteiger partial charge on any atom is 0.416 e. The predicted molar refractivity (Wildman–Crippen MR) is 109 cm³/mol. The third-order valence-corrected chi connectivity index (χ3v) is 5.88. The molecule has 0 aromatic heterocycles. The van der Waals surface area contributed by atoms with Crippen molar-refractivity contribution in [2.75, 3.05) is 26.2 Å². The van der Waals surface area contributed by atoms with Gasteiger partial charge in [0.05, 0.1) is 15.6 Å². The lowest BCUT2D eigenvalue weighted by Crippen LogP contribution is -2.50. The number of halogens is 5. The Labute approximate surface area is 182 Å². The highest BCUT2D eigenvalue weighted by Gasteiger charge is 2.31. The van der Waals surface area contributed by atoms with E-state index >= 15 is 0 Å². The molecular weight excluding hydrogens is 440 g/mol. The lowest BCUT2D eigenvalue weighted by atomic mass is 10.1. The van der Waals surface area contributed by atoms with E-state index in [0.29, 0.717) is 42.6 Å². The zero-order valence-corrected chi connectivity index (χ0v) is 17.4. The number of nitrogens with zero attached hydrogens (tertiary/aromatic N) is 2. The first kappa shape index (κ1) is 22.4. The number of carbonyl (C=O) groups is 2. The van der Waals surface area contributed by atoms with E-state index in [9.17, 15) is 22.8 Å². The van der Waals surface area contributed by atoms with Crippen LogP contribution in [0.1, 0.15) is 27.9 Å². The van der Waals surface area contributed by atoms with Crippen LogP contribution in [0.2, 0.25) is 10.0 Å². The first-order valence-corrected chi connectivity index (χ1v) is 10.1. The molecule has 0 bridgehead atoms. The summed E-state index contributed by atoms with van der Waals surface area (Å²) >= 11 is 12.1. The minimum absolute atomic E-state index is 0.0485. The first-order valence-electron chi connectivity index (χ1n) is 9.34. The standard InChI is InChI=1S/C21H19Cl2F3N2O2/c22-17-3-1-2-14(19(17)23)6-9-18(29)27-10-12-28(13-11-27)20(30)15-4-7-16(8-5-15)21(24,25)26/h1-5,7-8H,6,9-13H2. The van der Waals surface area contributed by atoms with Crippen molar-refractivity contribution in [1.29, 1.82) is 0 Å². The molecule has 9 heteroatoms. The van der Waals surface area contributed by atoms with Crippen molar-refractivity contribution in [3.8, 4) is 0 Å². The van der Waals surface area contributed by atoms with E-state index in [4.69, 9.17) is 23.2 Å². The third-order valence-electron chi connectivity index (χ3n) is 5.02. The van der Waals surface area contributed by atoms with E-state index in [1.54, 1.807) is 21.9 Å². The number of amides is 2. The number of aryl methyl sites for hydroxylation is 1. The summed E-state index contributed by atoms with van der Waals surface area (Å²) in [4.78, 5) is 28.2. The Bertz CT molecular complexity index is 925. The molecule has 0 unspecified atom stereocenters. The fourth-order valence-electron chi connectivity index (χ4n) is 3.28. The van der Waals surface area contributed by atoms with Crippen LogP contribution in [0.15, 0.2) is 42.5 Å². The molecule has 0 saturated carbocycles.